The molecule has 1 aromatic carbocycles. The van der Waals surface area contributed by atoms with Gasteiger partial charge in [0.05, 0.1) is 6.54 Å². The summed E-state index contributed by atoms with van der Waals surface area (Å²) in [4.78, 5) is 25.1. The molecule has 1 saturated carbocycles. The van der Waals surface area contributed by atoms with E-state index >= 15 is 0 Å². The highest BCUT2D eigenvalue weighted by molar-refractivity contribution is 5.69. The molecule has 1 aliphatic rings. The van der Waals surface area contributed by atoms with Gasteiger partial charge < -0.3 is 15.2 Å². The van der Waals surface area contributed by atoms with E-state index < -0.39 is 12.1 Å². The average Bonchev–Trinajstić information content (AvgIpc) is 2.59. The molecule has 6 nitrogen and oxygen atoms in total. The van der Waals surface area contributed by atoms with Gasteiger partial charge in [-0.25, -0.2) is 4.79 Å². The fourth-order valence-corrected chi connectivity index (χ4v) is 3.27. The van der Waals surface area contributed by atoms with Crippen molar-refractivity contribution < 1.29 is 19.4 Å². The lowest BCUT2D eigenvalue weighted by atomic mass is 9.89. The van der Waals surface area contributed by atoms with Crippen LogP contribution in [0.3, 0.4) is 0 Å². The van der Waals surface area contributed by atoms with Crippen molar-refractivity contribution in [3.8, 4) is 0 Å². The minimum atomic E-state index is -0.840. The van der Waals surface area contributed by atoms with Gasteiger partial charge in [0, 0.05) is 12.1 Å². The molecule has 1 fully saturated rings. The maximum Gasteiger partial charge on any atom is 0.407 e. The van der Waals surface area contributed by atoms with E-state index in [4.69, 9.17) is 9.84 Å². The molecule has 0 bridgehead atoms. The van der Waals surface area contributed by atoms with Crippen LogP contribution in [0.1, 0.15) is 38.2 Å². The van der Waals surface area contributed by atoms with Crippen LogP contribution in [0.5, 0.6) is 0 Å². The summed E-state index contributed by atoms with van der Waals surface area (Å²) in [5.74, 6) is -0.840. The number of carbonyl (C=O) groups excluding carboxylic acids is 1. The lowest BCUT2D eigenvalue weighted by molar-refractivity contribution is -0.139. The number of benzene rings is 1. The third-order valence-electron chi connectivity index (χ3n) is 4.46. The Hall–Kier alpha value is -2.08. The number of carboxylic acids is 1. The monoisotopic (exact) mass is 334 g/mol. The van der Waals surface area contributed by atoms with Crippen LogP contribution in [0, 0.1) is 0 Å². The van der Waals surface area contributed by atoms with Gasteiger partial charge in [-0.2, -0.15) is 0 Å². The minimum Gasteiger partial charge on any atom is -0.480 e. The predicted octanol–water partition coefficient (Wildman–Crippen LogP) is 2.63. The van der Waals surface area contributed by atoms with Crippen LogP contribution in [0.4, 0.5) is 4.79 Å². The molecule has 132 valence electrons. The third-order valence-corrected chi connectivity index (χ3v) is 4.46. The van der Waals surface area contributed by atoms with Crippen LogP contribution in [-0.2, 0) is 16.1 Å². The number of likely N-dealkylation sites (N-methyl/N-ethyl adjacent to an activating group) is 1. The van der Waals surface area contributed by atoms with Gasteiger partial charge in [0.25, 0.3) is 0 Å². The molecule has 0 spiro atoms. The quantitative estimate of drug-likeness (QED) is 0.801. The first kappa shape index (κ1) is 18.3. The predicted molar refractivity (Wildman–Crippen MR) is 90.7 cm³/mol. The number of rotatable bonds is 7. The van der Waals surface area contributed by atoms with E-state index in [1.807, 2.05) is 42.2 Å². The Bertz CT molecular complexity index is 535. The van der Waals surface area contributed by atoms with Crippen LogP contribution in [-0.4, -0.2) is 47.2 Å². The van der Waals surface area contributed by atoms with Crippen molar-refractivity contribution >= 4 is 12.1 Å². The zero-order chi connectivity index (χ0) is 17.4. The Morgan fingerprint density at radius 3 is 2.62 bits per heavy atom. The number of carboxylic acid groups (broad SMARTS) is 1. The highest BCUT2D eigenvalue weighted by atomic mass is 16.5. The fraction of sp³-hybridized carbons (Fsp3) is 0.556. The van der Waals surface area contributed by atoms with Crippen molar-refractivity contribution in [2.75, 3.05) is 13.1 Å². The summed E-state index contributed by atoms with van der Waals surface area (Å²) in [6.45, 7) is 2.83. The number of amides is 1. The van der Waals surface area contributed by atoms with E-state index in [-0.39, 0.29) is 25.2 Å². The molecule has 2 rings (SSSR count). The van der Waals surface area contributed by atoms with Crippen molar-refractivity contribution in [2.45, 2.75) is 51.3 Å². The van der Waals surface area contributed by atoms with E-state index in [0.29, 0.717) is 6.54 Å². The zero-order valence-corrected chi connectivity index (χ0v) is 14.1. The number of carbonyl (C=O) groups is 2. The van der Waals surface area contributed by atoms with Crippen molar-refractivity contribution in [3.05, 3.63) is 35.9 Å². The molecule has 1 amide bonds. The van der Waals surface area contributed by atoms with Crippen molar-refractivity contribution in [1.82, 2.24) is 10.2 Å². The molecule has 1 aromatic rings. The molecular weight excluding hydrogens is 308 g/mol. The number of hydrogen-bond donors (Lipinski definition) is 2. The molecule has 2 atom stereocenters. The highest BCUT2D eigenvalue weighted by Crippen LogP contribution is 2.23. The van der Waals surface area contributed by atoms with Gasteiger partial charge in [0.2, 0.25) is 0 Å². The van der Waals surface area contributed by atoms with Gasteiger partial charge in [-0.05, 0) is 24.9 Å². The number of alkyl carbamates (subject to hydrolysis) is 1. The van der Waals surface area contributed by atoms with E-state index in [1.165, 1.54) is 0 Å². The second kappa shape index (κ2) is 9.27. The van der Waals surface area contributed by atoms with Crippen molar-refractivity contribution in [3.63, 3.8) is 0 Å². The summed E-state index contributed by atoms with van der Waals surface area (Å²) in [7, 11) is 0. The summed E-state index contributed by atoms with van der Waals surface area (Å²) in [6.07, 6.45) is 3.39. The van der Waals surface area contributed by atoms with Crippen LogP contribution in [0.15, 0.2) is 30.3 Å². The second-order valence-corrected chi connectivity index (χ2v) is 6.12. The summed E-state index contributed by atoms with van der Waals surface area (Å²) >= 11 is 0. The molecule has 0 aromatic heterocycles. The first-order chi connectivity index (χ1) is 11.6. The Labute approximate surface area is 142 Å². The lowest BCUT2D eigenvalue weighted by Crippen LogP contribution is -2.54. The Kier molecular flexibility index (Phi) is 7.06. The zero-order valence-electron chi connectivity index (χ0n) is 14.1. The first-order valence-corrected chi connectivity index (χ1v) is 8.53. The SMILES string of the molecule is CCN(CC(=O)O)[C@@H]1CCCC[C@H]1NC(=O)OCc1ccccc1. The standard InChI is InChI=1S/C18H26N2O4/c1-2-20(12-17(21)22)16-11-7-6-10-15(16)19-18(23)24-13-14-8-4-3-5-9-14/h3-5,8-9,15-16H,2,6-7,10-13H2,1H3,(H,19,23)(H,21,22)/t15-,16-/m1/s1. The number of ether oxygens (including phenoxy) is 1. The maximum atomic E-state index is 12.1. The lowest BCUT2D eigenvalue weighted by Gasteiger charge is -2.38. The van der Waals surface area contributed by atoms with Crippen LogP contribution in [0.25, 0.3) is 0 Å². The topological polar surface area (TPSA) is 78.9 Å². The molecule has 6 heteroatoms. The smallest absolute Gasteiger partial charge is 0.407 e. The van der Waals surface area contributed by atoms with E-state index in [2.05, 4.69) is 5.32 Å². The number of hydrogen-bond acceptors (Lipinski definition) is 4. The largest absolute Gasteiger partial charge is 0.480 e. The number of aliphatic carboxylic acids is 1. The highest BCUT2D eigenvalue weighted by Gasteiger charge is 2.31. The van der Waals surface area contributed by atoms with E-state index in [0.717, 1.165) is 31.2 Å². The molecule has 0 unspecified atom stereocenters. The van der Waals surface area contributed by atoms with E-state index in [1.54, 1.807) is 0 Å². The molecule has 0 heterocycles. The van der Waals surface area contributed by atoms with Gasteiger partial charge in [-0.3, -0.25) is 9.69 Å². The van der Waals surface area contributed by atoms with Gasteiger partial charge in [-0.1, -0.05) is 50.1 Å². The first-order valence-electron chi connectivity index (χ1n) is 8.53. The fourth-order valence-electron chi connectivity index (χ4n) is 3.27. The average molecular weight is 334 g/mol. The third kappa shape index (κ3) is 5.53. The number of nitrogens with zero attached hydrogens (tertiary/aromatic N) is 1. The minimum absolute atomic E-state index is 0.00158. The normalized spacial score (nSPS) is 20.6. The molecule has 2 N–H and O–H groups in total. The number of nitrogens with one attached hydrogen (secondary N) is 1. The molecule has 0 aliphatic heterocycles. The van der Waals surface area contributed by atoms with Gasteiger partial charge in [0.1, 0.15) is 6.61 Å². The van der Waals surface area contributed by atoms with Gasteiger partial charge in [0.15, 0.2) is 0 Å². The summed E-state index contributed by atoms with van der Waals surface area (Å²) in [5, 5.41) is 12.0. The summed E-state index contributed by atoms with van der Waals surface area (Å²) in [6, 6.07) is 9.51. The van der Waals surface area contributed by atoms with E-state index in [9.17, 15) is 9.59 Å². The summed E-state index contributed by atoms with van der Waals surface area (Å²) < 4.78 is 5.29. The molecular formula is C18H26N2O4. The maximum absolute atomic E-state index is 12.1. The van der Waals surface area contributed by atoms with Crippen molar-refractivity contribution in [1.29, 1.82) is 0 Å². The molecule has 0 radical (unpaired) electrons. The van der Waals surface area contributed by atoms with Gasteiger partial charge in [-0.15, -0.1) is 0 Å². The van der Waals surface area contributed by atoms with Crippen molar-refractivity contribution in [2.24, 2.45) is 0 Å². The Morgan fingerprint density at radius 2 is 1.96 bits per heavy atom. The molecule has 0 saturated heterocycles. The molecule has 24 heavy (non-hydrogen) atoms. The molecule has 1 aliphatic carbocycles. The van der Waals surface area contributed by atoms with Crippen LogP contribution >= 0.6 is 0 Å². The van der Waals surface area contributed by atoms with Crippen LogP contribution < -0.4 is 5.32 Å². The second-order valence-electron chi connectivity index (χ2n) is 6.12. The summed E-state index contributed by atoms with van der Waals surface area (Å²) in [5.41, 5.74) is 0.939. The van der Waals surface area contributed by atoms with Gasteiger partial charge >= 0.3 is 12.1 Å². The Balaban J connectivity index is 1.89. The Morgan fingerprint density at radius 1 is 1.25 bits per heavy atom. The van der Waals surface area contributed by atoms with Crippen LogP contribution in [0.2, 0.25) is 0 Å².